The molecule has 8 heteroatoms. The van der Waals surface area contributed by atoms with Gasteiger partial charge < -0.3 is 5.32 Å². The topological polar surface area (TPSA) is 89.3 Å². The molecule has 0 aliphatic rings. The number of primary sulfonamides is 1. The average molecular weight is 320 g/mol. The van der Waals surface area contributed by atoms with Gasteiger partial charge in [-0.05, 0) is 25.0 Å². The maximum absolute atomic E-state index is 14.0. The van der Waals surface area contributed by atoms with Crippen LogP contribution in [0.1, 0.15) is 37.6 Å². The number of sulfonamides is 1. The zero-order valence-electron chi connectivity index (χ0n) is 12.0. The molecule has 2 unspecified atom stereocenters. The second-order valence-corrected chi connectivity index (χ2v) is 6.49. The number of amides is 1. The van der Waals surface area contributed by atoms with Crippen LogP contribution in [0.3, 0.4) is 0 Å². The minimum Gasteiger partial charge on any atom is -0.349 e. The lowest BCUT2D eigenvalue weighted by atomic mass is 10.0. The van der Waals surface area contributed by atoms with E-state index in [1.165, 1.54) is 0 Å². The SMILES string of the molecule is CCC(C)C(C)NC(=O)c1cc(F)cc(S(N)(=O)=O)c1F. The smallest absolute Gasteiger partial charge is 0.254 e. The summed E-state index contributed by atoms with van der Waals surface area (Å²) in [5.41, 5.74) is -0.686. The summed E-state index contributed by atoms with van der Waals surface area (Å²) in [4.78, 5) is 10.9. The van der Waals surface area contributed by atoms with Gasteiger partial charge in [0.15, 0.2) is 5.82 Å². The fourth-order valence-electron chi connectivity index (χ4n) is 1.72. The first-order valence-corrected chi connectivity index (χ1v) is 7.95. The van der Waals surface area contributed by atoms with Crippen LogP contribution in [0, 0.1) is 17.6 Å². The van der Waals surface area contributed by atoms with Gasteiger partial charge >= 0.3 is 0 Å². The van der Waals surface area contributed by atoms with Gasteiger partial charge in [0, 0.05) is 6.04 Å². The Morgan fingerprint density at radius 1 is 1.33 bits per heavy atom. The van der Waals surface area contributed by atoms with Gasteiger partial charge in [-0.2, -0.15) is 0 Å². The molecule has 0 saturated heterocycles. The van der Waals surface area contributed by atoms with E-state index in [2.05, 4.69) is 5.32 Å². The Morgan fingerprint density at radius 3 is 2.38 bits per heavy atom. The fourth-order valence-corrected chi connectivity index (χ4v) is 2.35. The summed E-state index contributed by atoms with van der Waals surface area (Å²) in [5, 5.41) is 7.31. The molecule has 0 aromatic heterocycles. The summed E-state index contributed by atoms with van der Waals surface area (Å²) < 4.78 is 49.8. The van der Waals surface area contributed by atoms with Gasteiger partial charge in [0.2, 0.25) is 10.0 Å². The van der Waals surface area contributed by atoms with Crippen LogP contribution in [0.5, 0.6) is 0 Å². The van der Waals surface area contributed by atoms with Crippen molar-refractivity contribution in [3.8, 4) is 0 Å². The van der Waals surface area contributed by atoms with E-state index in [9.17, 15) is 22.0 Å². The Morgan fingerprint density at radius 2 is 1.90 bits per heavy atom. The third-order valence-electron chi connectivity index (χ3n) is 3.41. The first-order chi connectivity index (χ1) is 9.57. The monoisotopic (exact) mass is 320 g/mol. The molecule has 1 aromatic rings. The first kappa shape index (κ1) is 17.5. The largest absolute Gasteiger partial charge is 0.349 e. The predicted octanol–water partition coefficient (Wildman–Crippen LogP) is 1.78. The molecule has 1 aromatic carbocycles. The molecule has 3 N–H and O–H groups in total. The van der Waals surface area contributed by atoms with Gasteiger partial charge in [0.05, 0.1) is 5.56 Å². The van der Waals surface area contributed by atoms with E-state index in [0.29, 0.717) is 12.1 Å². The molecule has 0 radical (unpaired) electrons. The van der Waals surface area contributed by atoms with E-state index in [-0.39, 0.29) is 12.0 Å². The van der Waals surface area contributed by atoms with E-state index in [0.717, 1.165) is 6.42 Å². The number of nitrogens with two attached hydrogens (primary N) is 1. The van der Waals surface area contributed by atoms with E-state index in [1.54, 1.807) is 6.92 Å². The summed E-state index contributed by atoms with van der Waals surface area (Å²) in [6, 6.07) is 0.811. The second kappa shape index (κ2) is 6.48. The van der Waals surface area contributed by atoms with Crippen LogP contribution in [0.2, 0.25) is 0 Å². The number of carbonyl (C=O) groups is 1. The van der Waals surface area contributed by atoms with Crippen molar-refractivity contribution in [2.24, 2.45) is 11.1 Å². The lowest BCUT2D eigenvalue weighted by Crippen LogP contribution is -2.37. The number of halogens is 2. The zero-order valence-corrected chi connectivity index (χ0v) is 12.8. The summed E-state index contributed by atoms with van der Waals surface area (Å²) in [6.07, 6.45) is 0.787. The van der Waals surface area contributed by atoms with Crippen molar-refractivity contribution in [1.82, 2.24) is 5.32 Å². The Labute approximate surface area is 122 Å². The molecule has 0 aliphatic heterocycles. The molecule has 2 atom stereocenters. The van der Waals surface area contributed by atoms with E-state index in [1.807, 2.05) is 13.8 Å². The van der Waals surface area contributed by atoms with Gasteiger partial charge in [0.25, 0.3) is 5.91 Å². The zero-order chi connectivity index (χ0) is 16.4. The van der Waals surface area contributed by atoms with Crippen LogP contribution in [0.15, 0.2) is 17.0 Å². The normalized spacial score (nSPS) is 14.6. The van der Waals surface area contributed by atoms with Crippen LogP contribution in [0.25, 0.3) is 0 Å². The first-order valence-electron chi connectivity index (χ1n) is 6.40. The van der Waals surface area contributed by atoms with Crippen molar-refractivity contribution in [3.63, 3.8) is 0 Å². The summed E-state index contributed by atoms with van der Waals surface area (Å²) in [5.74, 6) is -3.16. The van der Waals surface area contributed by atoms with Gasteiger partial charge in [-0.3, -0.25) is 4.79 Å². The van der Waals surface area contributed by atoms with Crippen molar-refractivity contribution < 1.29 is 22.0 Å². The quantitative estimate of drug-likeness (QED) is 0.866. The minimum absolute atomic E-state index is 0.128. The summed E-state index contributed by atoms with van der Waals surface area (Å²) >= 11 is 0. The molecule has 0 bridgehead atoms. The Kier molecular flexibility index (Phi) is 5.41. The van der Waals surface area contributed by atoms with Crippen LogP contribution in [-0.2, 0) is 10.0 Å². The molecule has 1 amide bonds. The van der Waals surface area contributed by atoms with E-state index in [4.69, 9.17) is 5.14 Å². The summed E-state index contributed by atoms with van der Waals surface area (Å²) in [7, 11) is -4.46. The van der Waals surface area contributed by atoms with Crippen molar-refractivity contribution in [1.29, 1.82) is 0 Å². The fraction of sp³-hybridized carbons (Fsp3) is 0.462. The highest BCUT2D eigenvalue weighted by Gasteiger charge is 2.24. The Bertz CT molecular complexity index is 647. The van der Waals surface area contributed by atoms with Gasteiger partial charge in [-0.1, -0.05) is 20.3 Å². The van der Waals surface area contributed by atoms with Crippen molar-refractivity contribution in [2.75, 3.05) is 0 Å². The van der Waals surface area contributed by atoms with Crippen LogP contribution in [-0.4, -0.2) is 20.4 Å². The summed E-state index contributed by atoms with van der Waals surface area (Å²) in [6.45, 7) is 5.54. The van der Waals surface area contributed by atoms with Crippen molar-refractivity contribution in [2.45, 2.75) is 38.1 Å². The number of hydrogen-bond donors (Lipinski definition) is 2. The Hall–Kier alpha value is -1.54. The lowest BCUT2D eigenvalue weighted by Gasteiger charge is -2.20. The van der Waals surface area contributed by atoms with E-state index >= 15 is 0 Å². The third-order valence-corrected chi connectivity index (χ3v) is 4.32. The maximum atomic E-state index is 14.0. The molecular weight excluding hydrogens is 302 g/mol. The molecule has 5 nitrogen and oxygen atoms in total. The highest BCUT2D eigenvalue weighted by atomic mass is 32.2. The minimum atomic E-state index is -4.46. The molecule has 0 saturated carbocycles. The molecule has 0 aliphatic carbocycles. The van der Waals surface area contributed by atoms with Crippen molar-refractivity contribution >= 4 is 15.9 Å². The van der Waals surface area contributed by atoms with Crippen LogP contribution >= 0.6 is 0 Å². The third kappa shape index (κ3) is 4.21. The molecule has 118 valence electrons. The molecule has 0 spiro atoms. The molecule has 0 fully saturated rings. The number of hydrogen-bond acceptors (Lipinski definition) is 3. The standard InChI is InChI=1S/C13H18F2N2O3S/c1-4-7(2)8(3)17-13(18)10-5-9(14)6-11(12(10)15)21(16,19)20/h5-8H,4H2,1-3H3,(H,17,18)(H2,16,19,20). The maximum Gasteiger partial charge on any atom is 0.254 e. The highest BCUT2D eigenvalue weighted by molar-refractivity contribution is 7.89. The Balaban J connectivity index is 3.20. The van der Waals surface area contributed by atoms with Gasteiger partial charge in [-0.25, -0.2) is 22.3 Å². The number of rotatable bonds is 5. The van der Waals surface area contributed by atoms with Gasteiger partial charge in [-0.15, -0.1) is 0 Å². The lowest BCUT2D eigenvalue weighted by molar-refractivity contribution is 0.0923. The molecular formula is C13H18F2N2O3S. The molecule has 21 heavy (non-hydrogen) atoms. The number of benzene rings is 1. The van der Waals surface area contributed by atoms with Gasteiger partial charge in [0.1, 0.15) is 10.7 Å². The van der Waals surface area contributed by atoms with Crippen LogP contribution < -0.4 is 10.5 Å². The molecule has 1 rings (SSSR count). The van der Waals surface area contributed by atoms with E-state index < -0.39 is 38.0 Å². The predicted molar refractivity (Wildman–Crippen MR) is 74.1 cm³/mol. The number of carbonyl (C=O) groups excluding carboxylic acids is 1. The average Bonchev–Trinajstić information content (AvgIpc) is 2.38. The highest BCUT2D eigenvalue weighted by Crippen LogP contribution is 2.20. The second-order valence-electron chi connectivity index (χ2n) is 4.96. The number of nitrogens with one attached hydrogen (secondary N) is 1. The van der Waals surface area contributed by atoms with Crippen molar-refractivity contribution in [3.05, 3.63) is 29.3 Å². The molecule has 0 heterocycles. The van der Waals surface area contributed by atoms with Crippen LogP contribution in [0.4, 0.5) is 8.78 Å².